The maximum atomic E-state index is 13.3. The van der Waals surface area contributed by atoms with E-state index in [0.717, 1.165) is 16.0 Å². The summed E-state index contributed by atoms with van der Waals surface area (Å²) >= 11 is 0. The second-order valence-electron chi connectivity index (χ2n) is 7.71. The summed E-state index contributed by atoms with van der Waals surface area (Å²) in [6, 6.07) is 14.5. The monoisotopic (exact) mass is 438 g/mol. The Balaban J connectivity index is 1.92. The van der Waals surface area contributed by atoms with Gasteiger partial charge < -0.3 is 14.7 Å². The third-order valence-corrected chi connectivity index (χ3v) is 4.83. The van der Waals surface area contributed by atoms with Crippen LogP contribution in [0.2, 0.25) is 0 Å². The number of aliphatic carboxylic acids is 1. The van der Waals surface area contributed by atoms with Crippen LogP contribution in [-0.4, -0.2) is 67.0 Å². The predicted octanol–water partition coefficient (Wildman–Crippen LogP) is 2.03. The molecule has 0 aliphatic carbocycles. The highest BCUT2D eigenvalue weighted by atomic mass is 16.5. The number of anilines is 1. The summed E-state index contributed by atoms with van der Waals surface area (Å²) in [6.07, 6.45) is -2.14. The van der Waals surface area contributed by atoms with Crippen LogP contribution in [0, 0.1) is 6.92 Å². The fourth-order valence-electron chi connectivity index (χ4n) is 3.48. The van der Waals surface area contributed by atoms with Gasteiger partial charge in [0, 0.05) is 12.1 Å². The molecule has 9 heteroatoms. The second kappa shape index (κ2) is 10.1. The minimum Gasteiger partial charge on any atom is -0.480 e. The molecule has 0 radical (unpaired) electrons. The van der Waals surface area contributed by atoms with Gasteiger partial charge in [0.1, 0.15) is 13.2 Å². The lowest BCUT2D eigenvalue weighted by Crippen LogP contribution is -2.49. The van der Waals surface area contributed by atoms with Crippen molar-refractivity contribution in [1.29, 1.82) is 0 Å². The number of alkyl carbamates (subject to hydrolysis) is 1. The van der Waals surface area contributed by atoms with Crippen molar-refractivity contribution >= 4 is 29.4 Å². The van der Waals surface area contributed by atoms with Crippen LogP contribution in [0.25, 0.3) is 0 Å². The third-order valence-electron chi connectivity index (χ3n) is 4.83. The molecule has 2 aromatic rings. The number of fused-ring (bicyclic) bond motifs is 1. The van der Waals surface area contributed by atoms with E-state index >= 15 is 0 Å². The van der Waals surface area contributed by atoms with Crippen molar-refractivity contribution in [3.8, 4) is 0 Å². The van der Waals surface area contributed by atoms with Crippen molar-refractivity contribution in [1.82, 2.24) is 10.2 Å². The Morgan fingerprint density at radius 2 is 1.88 bits per heavy atom. The molecule has 9 nitrogen and oxygen atoms in total. The molecule has 0 saturated heterocycles. The number of nitrogens with one attached hydrogen (secondary N) is 1. The summed E-state index contributed by atoms with van der Waals surface area (Å²) in [7, 11) is 3.71. The minimum absolute atomic E-state index is 0.0278. The van der Waals surface area contributed by atoms with Gasteiger partial charge in [-0.2, -0.15) is 0 Å². The first kappa shape index (κ1) is 23.0. The molecule has 1 unspecified atom stereocenters. The minimum atomic E-state index is -1.32. The maximum absolute atomic E-state index is 13.3. The van der Waals surface area contributed by atoms with E-state index in [9.17, 15) is 19.5 Å². The molecule has 2 aromatic carbocycles. The molecule has 0 spiro atoms. The molecule has 0 aromatic heterocycles. The zero-order chi connectivity index (χ0) is 23.3. The van der Waals surface area contributed by atoms with Gasteiger partial charge in [-0.3, -0.25) is 24.8 Å². The number of benzene rings is 2. The van der Waals surface area contributed by atoms with Gasteiger partial charge in [0.05, 0.1) is 11.4 Å². The largest absolute Gasteiger partial charge is 0.480 e. The smallest absolute Gasteiger partial charge is 0.409 e. The van der Waals surface area contributed by atoms with Gasteiger partial charge >= 0.3 is 12.1 Å². The first-order chi connectivity index (χ1) is 15.3. The van der Waals surface area contributed by atoms with Gasteiger partial charge in [-0.15, -0.1) is 0 Å². The van der Waals surface area contributed by atoms with Crippen molar-refractivity contribution < 1.29 is 24.2 Å². The van der Waals surface area contributed by atoms with Crippen LogP contribution in [0.15, 0.2) is 53.5 Å². The number of carbonyl (C=O) groups is 3. The summed E-state index contributed by atoms with van der Waals surface area (Å²) in [5.74, 6) is -1.82. The number of rotatable bonds is 7. The van der Waals surface area contributed by atoms with Gasteiger partial charge in [-0.1, -0.05) is 48.5 Å². The zero-order valence-corrected chi connectivity index (χ0v) is 18.2. The predicted molar refractivity (Wildman–Crippen MR) is 120 cm³/mol. The summed E-state index contributed by atoms with van der Waals surface area (Å²) in [6.45, 7) is 1.66. The van der Waals surface area contributed by atoms with Gasteiger partial charge in [0.2, 0.25) is 6.17 Å². The van der Waals surface area contributed by atoms with Crippen LogP contribution in [0.5, 0.6) is 0 Å². The summed E-state index contributed by atoms with van der Waals surface area (Å²) in [4.78, 5) is 44.8. The molecule has 168 valence electrons. The van der Waals surface area contributed by atoms with E-state index in [0.29, 0.717) is 23.5 Å². The van der Waals surface area contributed by atoms with E-state index in [2.05, 4.69) is 10.3 Å². The van der Waals surface area contributed by atoms with Crippen molar-refractivity contribution in [3.63, 3.8) is 0 Å². The Labute approximate surface area is 186 Å². The van der Waals surface area contributed by atoms with Crippen molar-refractivity contribution in [3.05, 3.63) is 65.2 Å². The molecule has 1 aliphatic rings. The van der Waals surface area contributed by atoms with E-state index in [1.165, 1.54) is 0 Å². The number of carboxylic acid groups (broad SMARTS) is 1. The Bertz CT molecular complexity index is 1040. The standard InChI is InChI=1S/C23H26N4O5/c1-15-8-7-11-17-18(12-26(2)3)24-21(22(30)27(20(15)17)13-19(28)29)25-23(31)32-14-16-9-5-4-6-10-16/h4-11,21H,12-14H2,1-3H3,(H,25,31)(H,28,29). The Morgan fingerprint density at radius 1 is 1.16 bits per heavy atom. The topological polar surface area (TPSA) is 112 Å². The van der Waals surface area contributed by atoms with Gasteiger partial charge in [-0.05, 0) is 32.1 Å². The quantitative estimate of drug-likeness (QED) is 0.684. The number of likely N-dealkylation sites (N-methyl/N-ethyl adjacent to an activating group) is 1. The van der Waals surface area contributed by atoms with E-state index in [4.69, 9.17) is 4.74 Å². The number of para-hydroxylation sites is 1. The average Bonchev–Trinajstić information content (AvgIpc) is 2.84. The molecule has 3 rings (SSSR count). The number of nitrogens with zero attached hydrogens (tertiary/aromatic N) is 3. The molecule has 1 atom stereocenters. The van der Waals surface area contributed by atoms with Crippen LogP contribution in [0.4, 0.5) is 10.5 Å². The van der Waals surface area contributed by atoms with E-state index < -0.39 is 30.7 Å². The Kier molecular flexibility index (Phi) is 7.21. The van der Waals surface area contributed by atoms with Gasteiger partial charge in [0.15, 0.2) is 0 Å². The number of aryl methyl sites for hydroxylation is 1. The summed E-state index contributed by atoms with van der Waals surface area (Å²) in [5.41, 5.74) is 3.21. The molecule has 0 bridgehead atoms. The Hall–Kier alpha value is -3.72. The lowest BCUT2D eigenvalue weighted by Gasteiger charge is -2.25. The van der Waals surface area contributed by atoms with E-state index in [1.54, 1.807) is 19.1 Å². The van der Waals surface area contributed by atoms with Crippen molar-refractivity contribution in [2.75, 3.05) is 32.1 Å². The lowest BCUT2D eigenvalue weighted by molar-refractivity contribution is -0.136. The zero-order valence-electron chi connectivity index (χ0n) is 18.2. The second-order valence-corrected chi connectivity index (χ2v) is 7.71. The molecule has 1 aliphatic heterocycles. The van der Waals surface area contributed by atoms with E-state index in [1.807, 2.05) is 55.4 Å². The fourth-order valence-corrected chi connectivity index (χ4v) is 3.48. The van der Waals surface area contributed by atoms with Crippen molar-refractivity contribution in [2.45, 2.75) is 19.7 Å². The highest BCUT2D eigenvalue weighted by Crippen LogP contribution is 2.29. The van der Waals surface area contributed by atoms with Crippen LogP contribution < -0.4 is 10.2 Å². The highest BCUT2D eigenvalue weighted by Gasteiger charge is 2.35. The lowest BCUT2D eigenvalue weighted by atomic mass is 10.0. The number of aliphatic imine (C=N–C) groups is 1. The first-order valence-corrected chi connectivity index (χ1v) is 10.1. The van der Waals surface area contributed by atoms with Crippen LogP contribution >= 0.6 is 0 Å². The number of ether oxygens (including phenoxy) is 1. The van der Waals surface area contributed by atoms with Crippen LogP contribution in [0.3, 0.4) is 0 Å². The summed E-state index contributed by atoms with van der Waals surface area (Å²) < 4.78 is 5.24. The van der Waals surface area contributed by atoms with Crippen LogP contribution in [0.1, 0.15) is 16.7 Å². The molecule has 0 fully saturated rings. The van der Waals surface area contributed by atoms with Crippen molar-refractivity contribution in [2.24, 2.45) is 4.99 Å². The molecule has 32 heavy (non-hydrogen) atoms. The summed E-state index contributed by atoms with van der Waals surface area (Å²) in [5, 5.41) is 11.9. The van der Waals surface area contributed by atoms with Crippen LogP contribution in [-0.2, 0) is 20.9 Å². The molecular weight excluding hydrogens is 412 g/mol. The normalized spacial score (nSPS) is 15.6. The number of benzodiazepines with no additional fused rings is 1. The fraction of sp³-hybridized carbons (Fsp3) is 0.304. The van der Waals surface area contributed by atoms with Gasteiger partial charge in [0.25, 0.3) is 5.91 Å². The SMILES string of the molecule is Cc1cccc2c1N(CC(=O)O)C(=O)C(NC(=O)OCc1ccccc1)N=C2CN(C)C. The maximum Gasteiger partial charge on any atom is 0.409 e. The number of hydrogen-bond acceptors (Lipinski definition) is 6. The molecule has 2 amide bonds. The number of hydrogen-bond donors (Lipinski definition) is 2. The number of amides is 2. The van der Waals surface area contributed by atoms with Gasteiger partial charge in [-0.25, -0.2) is 4.79 Å². The van der Waals surface area contributed by atoms with E-state index in [-0.39, 0.29) is 6.61 Å². The molecule has 0 saturated carbocycles. The third kappa shape index (κ3) is 5.50. The molecule has 1 heterocycles. The first-order valence-electron chi connectivity index (χ1n) is 10.1. The highest BCUT2D eigenvalue weighted by molar-refractivity contribution is 6.15. The number of carboxylic acids is 1. The number of carbonyl (C=O) groups excluding carboxylic acids is 2. The average molecular weight is 438 g/mol. The molecule has 2 N–H and O–H groups in total. The Morgan fingerprint density at radius 3 is 2.53 bits per heavy atom. The molecular formula is C23H26N4O5.